The number of rotatable bonds is 9. The third-order valence-electron chi connectivity index (χ3n) is 3.92. The highest BCUT2D eigenvalue weighted by molar-refractivity contribution is 7.99. The molecule has 0 aliphatic heterocycles. The summed E-state index contributed by atoms with van der Waals surface area (Å²) in [5, 5.41) is 13.1. The molecule has 1 aromatic carbocycles. The van der Waals surface area contributed by atoms with Crippen molar-refractivity contribution >= 4 is 29.3 Å². The first-order chi connectivity index (χ1) is 10.1. The molecule has 3 nitrogen and oxygen atoms in total. The molecule has 118 valence electrons. The Kier molecular flexibility index (Phi) is 8.15. The highest BCUT2D eigenvalue weighted by Gasteiger charge is 2.25. The van der Waals surface area contributed by atoms with Crippen LogP contribution in [0.3, 0.4) is 0 Å². The van der Waals surface area contributed by atoms with E-state index >= 15 is 0 Å². The Morgan fingerprint density at radius 2 is 2.00 bits per heavy atom. The summed E-state index contributed by atoms with van der Waals surface area (Å²) in [7, 11) is 0. The normalized spacial score (nSPS) is 11.4. The summed E-state index contributed by atoms with van der Waals surface area (Å²) in [6.45, 7) is 4.72. The largest absolute Gasteiger partial charge is 0.396 e. The first kappa shape index (κ1) is 18.3. The van der Waals surface area contributed by atoms with Crippen LogP contribution in [0.1, 0.15) is 33.1 Å². The van der Waals surface area contributed by atoms with Gasteiger partial charge in [0.05, 0.1) is 11.6 Å². The van der Waals surface area contributed by atoms with Gasteiger partial charge in [0.2, 0.25) is 5.91 Å². The van der Waals surface area contributed by atoms with Crippen molar-refractivity contribution in [1.29, 1.82) is 0 Å². The summed E-state index contributed by atoms with van der Waals surface area (Å²) in [6, 6.07) is 7.63. The molecule has 5 heteroatoms. The van der Waals surface area contributed by atoms with Crippen molar-refractivity contribution in [1.82, 2.24) is 5.32 Å². The third-order valence-corrected chi connectivity index (χ3v) is 5.44. The Morgan fingerprint density at radius 3 is 2.57 bits per heavy atom. The minimum atomic E-state index is -0.189. The molecule has 1 aromatic rings. The molecule has 0 bridgehead atoms. The highest BCUT2D eigenvalue weighted by atomic mass is 35.5. The Bertz CT molecular complexity index is 441. The van der Waals surface area contributed by atoms with Gasteiger partial charge in [0.15, 0.2) is 0 Å². The standard InChI is InChI=1S/C16H24ClNO2S/c1-3-16(4-2,12-19)11-18-15(20)9-10-21-14-8-6-5-7-13(14)17/h5-8,19H,3-4,9-12H2,1-2H3,(H,18,20). The summed E-state index contributed by atoms with van der Waals surface area (Å²) in [5.74, 6) is 0.717. The zero-order valence-electron chi connectivity index (χ0n) is 12.7. The van der Waals surface area contributed by atoms with Crippen LogP contribution < -0.4 is 5.32 Å². The van der Waals surface area contributed by atoms with Gasteiger partial charge in [0.25, 0.3) is 0 Å². The lowest BCUT2D eigenvalue weighted by molar-refractivity contribution is -0.121. The molecule has 0 spiro atoms. The van der Waals surface area contributed by atoms with E-state index in [4.69, 9.17) is 11.6 Å². The maximum atomic E-state index is 11.9. The molecule has 0 aliphatic carbocycles. The van der Waals surface area contributed by atoms with Gasteiger partial charge in [-0.2, -0.15) is 0 Å². The van der Waals surface area contributed by atoms with Gasteiger partial charge in [0, 0.05) is 29.0 Å². The molecule has 0 saturated carbocycles. The van der Waals surface area contributed by atoms with Crippen LogP contribution >= 0.6 is 23.4 Å². The summed E-state index contributed by atoms with van der Waals surface area (Å²) >= 11 is 7.65. The average molecular weight is 330 g/mol. The second kappa shape index (κ2) is 9.34. The van der Waals surface area contributed by atoms with Gasteiger partial charge >= 0.3 is 0 Å². The van der Waals surface area contributed by atoms with E-state index in [1.54, 1.807) is 11.8 Å². The topological polar surface area (TPSA) is 49.3 Å². The molecule has 0 fully saturated rings. The van der Waals surface area contributed by atoms with E-state index in [9.17, 15) is 9.90 Å². The molecule has 0 radical (unpaired) electrons. The van der Waals surface area contributed by atoms with Crippen LogP contribution in [0.5, 0.6) is 0 Å². The molecule has 0 aliphatic rings. The molecule has 0 saturated heterocycles. The number of hydrogen-bond donors (Lipinski definition) is 2. The fourth-order valence-corrected chi connectivity index (χ4v) is 3.16. The Labute approximate surface area is 136 Å². The second-order valence-corrected chi connectivity index (χ2v) is 6.71. The lowest BCUT2D eigenvalue weighted by Gasteiger charge is -2.29. The van der Waals surface area contributed by atoms with Crippen molar-refractivity contribution in [3.63, 3.8) is 0 Å². The highest BCUT2D eigenvalue weighted by Crippen LogP contribution is 2.27. The summed E-state index contributed by atoms with van der Waals surface area (Å²) in [6.07, 6.45) is 2.16. The number of nitrogens with one attached hydrogen (secondary N) is 1. The van der Waals surface area contributed by atoms with Crippen LogP contribution in [-0.4, -0.2) is 29.9 Å². The minimum absolute atomic E-state index is 0.0225. The number of carbonyl (C=O) groups is 1. The van der Waals surface area contributed by atoms with Gasteiger partial charge in [-0.15, -0.1) is 11.8 Å². The van der Waals surface area contributed by atoms with Crippen molar-refractivity contribution in [2.75, 3.05) is 18.9 Å². The Balaban J connectivity index is 2.33. The Hall–Kier alpha value is -0.710. The predicted octanol–water partition coefficient (Wildman–Crippen LogP) is 3.74. The van der Waals surface area contributed by atoms with Crippen molar-refractivity contribution < 1.29 is 9.90 Å². The number of amides is 1. The van der Waals surface area contributed by atoms with Crippen molar-refractivity contribution in [3.8, 4) is 0 Å². The van der Waals surface area contributed by atoms with Crippen molar-refractivity contribution in [2.24, 2.45) is 5.41 Å². The molecule has 0 unspecified atom stereocenters. The number of benzene rings is 1. The molecule has 1 amide bonds. The van der Waals surface area contributed by atoms with Crippen LogP contribution in [0.2, 0.25) is 5.02 Å². The van der Waals surface area contributed by atoms with Crippen molar-refractivity contribution in [3.05, 3.63) is 29.3 Å². The first-order valence-corrected chi connectivity index (χ1v) is 8.68. The van der Waals surface area contributed by atoms with Gasteiger partial charge in [-0.1, -0.05) is 37.6 Å². The summed E-state index contributed by atoms with van der Waals surface area (Å²) < 4.78 is 0. The average Bonchev–Trinajstić information content (AvgIpc) is 2.51. The molecule has 0 atom stereocenters. The van der Waals surface area contributed by atoms with Crippen molar-refractivity contribution in [2.45, 2.75) is 38.0 Å². The lowest BCUT2D eigenvalue weighted by atomic mass is 9.83. The Morgan fingerprint density at radius 1 is 1.33 bits per heavy atom. The third kappa shape index (κ3) is 5.89. The van der Waals surface area contributed by atoms with Gasteiger partial charge in [-0.25, -0.2) is 0 Å². The number of carbonyl (C=O) groups excluding carboxylic acids is 1. The van der Waals surface area contributed by atoms with Crippen LogP contribution in [-0.2, 0) is 4.79 Å². The molecule has 1 rings (SSSR count). The van der Waals surface area contributed by atoms with Gasteiger partial charge in [-0.3, -0.25) is 4.79 Å². The van der Waals surface area contributed by atoms with E-state index < -0.39 is 0 Å². The quantitative estimate of drug-likeness (QED) is 0.678. The molecular weight excluding hydrogens is 306 g/mol. The fourth-order valence-electron chi connectivity index (χ4n) is 1.97. The monoisotopic (exact) mass is 329 g/mol. The molecule has 21 heavy (non-hydrogen) atoms. The van der Waals surface area contributed by atoms with E-state index in [1.807, 2.05) is 38.1 Å². The van der Waals surface area contributed by atoms with Crippen LogP contribution in [0.25, 0.3) is 0 Å². The van der Waals surface area contributed by atoms with Crippen LogP contribution in [0, 0.1) is 5.41 Å². The number of halogens is 1. The number of hydrogen-bond acceptors (Lipinski definition) is 3. The van der Waals surface area contributed by atoms with Gasteiger partial charge < -0.3 is 10.4 Å². The van der Waals surface area contributed by atoms with Crippen LogP contribution in [0.15, 0.2) is 29.2 Å². The van der Waals surface area contributed by atoms with E-state index in [-0.39, 0.29) is 17.9 Å². The van der Waals surface area contributed by atoms with Gasteiger partial charge in [-0.05, 0) is 25.0 Å². The maximum absolute atomic E-state index is 11.9. The smallest absolute Gasteiger partial charge is 0.220 e. The molecule has 2 N–H and O–H groups in total. The molecule has 0 aromatic heterocycles. The second-order valence-electron chi connectivity index (χ2n) is 5.17. The van der Waals surface area contributed by atoms with E-state index in [0.29, 0.717) is 18.7 Å². The summed E-state index contributed by atoms with van der Waals surface area (Å²) in [4.78, 5) is 12.9. The SMILES string of the molecule is CCC(CC)(CO)CNC(=O)CCSc1ccccc1Cl. The van der Waals surface area contributed by atoms with E-state index in [1.165, 1.54) is 0 Å². The molecular formula is C16H24ClNO2S. The minimum Gasteiger partial charge on any atom is -0.396 e. The van der Waals surface area contributed by atoms with Gasteiger partial charge in [0.1, 0.15) is 0 Å². The number of aliphatic hydroxyl groups is 1. The predicted molar refractivity (Wildman–Crippen MR) is 89.9 cm³/mol. The number of aliphatic hydroxyl groups excluding tert-OH is 1. The summed E-state index contributed by atoms with van der Waals surface area (Å²) in [5.41, 5.74) is -0.189. The maximum Gasteiger partial charge on any atom is 0.220 e. The zero-order valence-corrected chi connectivity index (χ0v) is 14.3. The molecule has 0 heterocycles. The first-order valence-electron chi connectivity index (χ1n) is 7.32. The van der Waals surface area contributed by atoms with E-state index in [2.05, 4.69) is 5.32 Å². The fraction of sp³-hybridized carbons (Fsp3) is 0.562. The lowest BCUT2D eigenvalue weighted by Crippen LogP contribution is -2.39. The number of thioether (sulfide) groups is 1. The zero-order chi connectivity index (χ0) is 15.7. The van der Waals surface area contributed by atoms with E-state index in [0.717, 1.165) is 22.8 Å². The van der Waals surface area contributed by atoms with Crippen LogP contribution in [0.4, 0.5) is 0 Å².